The van der Waals surface area contributed by atoms with Crippen LogP contribution in [0.2, 0.25) is 0 Å². The van der Waals surface area contributed by atoms with Gasteiger partial charge in [-0.15, -0.1) is 11.8 Å². The molecule has 24 heavy (non-hydrogen) atoms. The number of anilines is 1. The van der Waals surface area contributed by atoms with Crippen molar-refractivity contribution in [3.63, 3.8) is 0 Å². The van der Waals surface area contributed by atoms with Crippen molar-refractivity contribution in [3.05, 3.63) is 59.7 Å². The quantitative estimate of drug-likeness (QED) is 0.900. The van der Waals surface area contributed by atoms with Gasteiger partial charge in [-0.1, -0.05) is 30.3 Å². The molecule has 1 aliphatic carbocycles. The van der Waals surface area contributed by atoms with Crippen LogP contribution >= 0.6 is 11.8 Å². The van der Waals surface area contributed by atoms with Crippen molar-refractivity contribution in [2.24, 2.45) is 0 Å². The van der Waals surface area contributed by atoms with Crippen molar-refractivity contribution < 1.29 is 9.59 Å². The fraction of sp³-hybridized carbons (Fsp3) is 0.263. The van der Waals surface area contributed by atoms with Crippen LogP contribution in [-0.4, -0.2) is 17.6 Å². The van der Waals surface area contributed by atoms with Gasteiger partial charge in [0, 0.05) is 10.5 Å². The summed E-state index contributed by atoms with van der Waals surface area (Å²) < 4.78 is 0. The van der Waals surface area contributed by atoms with E-state index in [2.05, 4.69) is 22.8 Å². The summed E-state index contributed by atoms with van der Waals surface area (Å²) in [5, 5.41) is 6.06. The Kier molecular flexibility index (Phi) is 3.81. The van der Waals surface area contributed by atoms with E-state index in [1.165, 1.54) is 11.8 Å². The highest BCUT2D eigenvalue weighted by molar-refractivity contribution is 8.00. The van der Waals surface area contributed by atoms with Crippen molar-refractivity contribution >= 4 is 29.3 Å². The second-order valence-electron chi connectivity index (χ2n) is 6.30. The van der Waals surface area contributed by atoms with Gasteiger partial charge in [0.2, 0.25) is 5.91 Å². The molecule has 0 atom stereocenters. The van der Waals surface area contributed by atoms with E-state index < -0.39 is 0 Å². The average molecular weight is 338 g/mol. The van der Waals surface area contributed by atoms with E-state index in [9.17, 15) is 9.59 Å². The molecule has 4 rings (SSSR count). The first kappa shape index (κ1) is 15.3. The molecule has 4 nitrogen and oxygen atoms in total. The zero-order valence-electron chi connectivity index (χ0n) is 13.2. The first-order chi connectivity index (χ1) is 11.7. The largest absolute Gasteiger partial charge is 0.343 e. The lowest BCUT2D eigenvalue weighted by Gasteiger charge is -2.43. The fourth-order valence-corrected chi connectivity index (χ4v) is 4.08. The molecule has 2 aromatic carbocycles. The maximum Gasteiger partial charge on any atom is 0.252 e. The summed E-state index contributed by atoms with van der Waals surface area (Å²) in [7, 11) is 0. The Morgan fingerprint density at radius 3 is 2.62 bits per heavy atom. The molecule has 2 aliphatic rings. The molecule has 0 spiro atoms. The maximum absolute atomic E-state index is 12.8. The molecule has 2 aromatic rings. The topological polar surface area (TPSA) is 58.2 Å². The van der Waals surface area contributed by atoms with Crippen LogP contribution in [-0.2, 0) is 10.3 Å². The van der Waals surface area contributed by atoms with E-state index in [0.29, 0.717) is 11.3 Å². The second kappa shape index (κ2) is 5.98. The molecule has 0 radical (unpaired) electrons. The number of rotatable bonds is 3. The predicted octanol–water partition coefficient (Wildman–Crippen LogP) is 3.54. The third kappa shape index (κ3) is 2.69. The number of amides is 2. The van der Waals surface area contributed by atoms with Crippen LogP contribution in [0.4, 0.5) is 5.69 Å². The molecule has 2 N–H and O–H groups in total. The minimum Gasteiger partial charge on any atom is -0.343 e. The molecule has 5 heteroatoms. The summed E-state index contributed by atoms with van der Waals surface area (Å²) in [6, 6.07) is 15.7. The molecule has 0 aromatic heterocycles. The molecule has 0 unspecified atom stereocenters. The molecule has 0 bridgehead atoms. The van der Waals surface area contributed by atoms with Gasteiger partial charge in [0.05, 0.1) is 17.0 Å². The van der Waals surface area contributed by atoms with Gasteiger partial charge in [-0.2, -0.15) is 0 Å². The summed E-state index contributed by atoms with van der Waals surface area (Å²) in [6.07, 6.45) is 3.03. The third-order valence-corrected chi connectivity index (χ3v) is 5.83. The molecule has 1 aliphatic heterocycles. The fourth-order valence-electron chi connectivity index (χ4n) is 3.29. The average Bonchev–Trinajstić information content (AvgIpc) is 2.58. The third-order valence-electron chi connectivity index (χ3n) is 4.76. The van der Waals surface area contributed by atoms with Crippen molar-refractivity contribution in [1.82, 2.24) is 5.32 Å². The summed E-state index contributed by atoms with van der Waals surface area (Å²) in [5.74, 6) is 0.311. The number of benzene rings is 2. The van der Waals surface area contributed by atoms with Gasteiger partial charge in [0.1, 0.15) is 0 Å². The van der Waals surface area contributed by atoms with Crippen LogP contribution in [0.25, 0.3) is 0 Å². The maximum atomic E-state index is 12.8. The highest BCUT2D eigenvalue weighted by Gasteiger charge is 2.40. The van der Waals surface area contributed by atoms with Gasteiger partial charge < -0.3 is 10.6 Å². The van der Waals surface area contributed by atoms with E-state index in [-0.39, 0.29) is 17.4 Å². The molecule has 1 heterocycles. The lowest BCUT2D eigenvalue weighted by atomic mass is 9.71. The molecular formula is C19H18N2O2S. The number of fused-ring (bicyclic) bond motifs is 1. The zero-order chi connectivity index (χ0) is 16.6. The number of hydrogen-bond donors (Lipinski definition) is 2. The van der Waals surface area contributed by atoms with Crippen LogP contribution in [0.1, 0.15) is 35.2 Å². The van der Waals surface area contributed by atoms with Crippen molar-refractivity contribution in [1.29, 1.82) is 0 Å². The molecule has 1 saturated carbocycles. The molecule has 1 fully saturated rings. The Labute approximate surface area is 145 Å². The van der Waals surface area contributed by atoms with E-state index >= 15 is 0 Å². The highest BCUT2D eigenvalue weighted by Crippen LogP contribution is 2.41. The van der Waals surface area contributed by atoms with Gasteiger partial charge in [-0.3, -0.25) is 9.59 Å². The lowest BCUT2D eigenvalue weighted by Crippen LogP contribution is -2.50. The van der Waals surface area contributed by atoms with Crippen molar-refractivity contribution in [2.45, 2.75) is 29.7 Å². The summed E-state index contributed by atoms with van der Waals surface area (Å²) in [6.45, 7) is 0. The van der Waals surface area contributed by atoms with E-state index in [4.69, 9.17) is 0 Å². The summed E-state index contributed by atoms with van der Waals surface area (Å²) >= 11 is 1.50. The van der Waals surface area contributed by atoms with Gasteiger partial charge >= 0.3 is 0 Å². The number of carbonyl (C=O) groups excluding carboxylic acids is 2. The Bertz CT molecular complexity index is 800. The molecule has 2 amide bonds. The van der Waals surface area contributed by atoms with Gasteiger partial charge in [-0.05, 0) is 43.0 Å². The Hall–Kier alpha value is -2.27. The number of thioether (sulfide) groups is 1. The lowest BCUT2D eigenvalue weighted by molar-refractivity contribution is -0.113. The first-order valence-corrected chi connectivity index (χ1v) is 9.10. The van der Waals surface area contributed by atoms with Crippen LogP contribution < -0.4 is 10.6 Å². The smallest absolute Gasteiger partial charge is 0.252 e. The number of nitrogens with one attached hydrogen (secondary N) is 2. The summed E-state index contributed by atoms with van der Waals surface area (Å²) in [4.78, 5) is 25.3. The minimum absolute atomic E-state index is 0.0233. The predicted molar refractivity (Wildman–Crippen MR) is 95.2 cm³/mol. The zero-order valence-corrected chi connectivity index (χ0v) is 14.0. The number of hydrogen-bond acceptors (Lipinski definition) is 3. The van der Waals surface area contributed by atoms with Crippen LogP contribution in [0.15, 0.2) is 53.4 Å². The standard InChI is InChI=1S/C19H18N2O2S/c22-17-12-24-16-8-7-13(11-15(16)20-17)18(23)21-19(9-4-10-19)14-5-2-1-3-6-14/h1-3,5-8,11H,4,9-10,12H2,(H,20,22)(H,21,23). The summed E-state index contributed by atoms with van der Waals surface area (Å²) in [5.41, 5.74) is 2.21. The van der Waals surface area contributed by atoms with E-state index in [0.717, 1.165) is 35.4 Å². The van der Waals surface area contributed by atoms with E-state index in [1.54, 1.807) is 6.07 Å². The van der Waals surface area contributed by atoms with Crippen LogP contribution in [0, 0.1) is 0 Å². The molecule has 122 valence electrons. The van der Waals surface area contributed by atoms with Gasteiger partial charge in [0.25, 0.3) is 5.91 Å². The van der Waals surface area contributed by atoms with Gasteiger partial charge in [0.15, 0.2) is 0 Å². The Morgan fingerprint density at radius 1 is 1.12 bits per heavy atom. The number of carbonyl (C=O) groups is 2. The van der Waals surface area contributed by atoms with Crippen LogP contribution in [0.5, 0.6) is 0 Å². The highest BCUT2D eigenvalue weighted by atomic mass is 32.2. The first-order valence-electron chi connectivity index (χ1n) is 8.11. The van der Waals surface area contributed by atoms with Crippen LogP contribution in [0.3, 0.4) is 0 Å². The monoisotopic (exact) mass is 338 g/mol. The van der Waals surface area contributed by atoms with Crippen molar-refractivity contribution in [2.75, 3.05) is 11.1 Å². The second-order valence-corrected chi connectivity index (χ2v) is 7.32. The minimum atomic E-state index is -0.258. The van der Waals surface area contributed by atoms with Crippen molar-refractivity contribution in [3.8, 4) is 0 Å². The SMILES string of the molecule is O=C1CSc2ccc(C(=O)NC3(c4ccccc4)CCC3)cc2N1. The Balaban J connectivity index is 1.58. The Morgan fingerprint density at radius 2 is 1.92 bits per heavy atom. The normalized spacial score (nSPS) is 18.1. The molecular weight excluding hydrogens is 320 g/mol. The molecule has 0 saturated heterocycles. The van der Waals surface area contributed by atoms with Gasteiger partial charge in [-0.25, -0.2) is 0 Å². The van der Waals surface area contributed by atoms with E-state index in [1.807, 2.05) is 30.3 Å².